The highest BCUT2D eigenvalue weighted by Crippen LogP contribution is 2.31. The first-order valence-corrected chi connectivity index (χ1v) is 9.86. The van der Waals surface area contributed by atoms with Crippen molar-refractivity contribution in [1.82, 2.24) is 5.32 Å². The zero-order valence-electron chi connectivity index (χ0n) is 17.4. The number of nitrogens with one attached hydrogen (secondary N) is 1. The molecule has 1 aromatic carbocycles. The van der Waals surface area contributed by atoms with Gasteiger partial charge in [0, 0.05) is 19.2 Å². The Kier molecular flexibility index (Phi) is 8.14. The lowest BCUT2D eigenvalue weighted by atomic mass is 9.99. The minimum atomic E-state index is -0.862. The summed E-state index contributed by atoms with van der Waals surface area (Å²) in [6.45, 7) is 4.48. The number of ether oxygens (including phenoxy) is 2. The second kappa shape index (κ2) is 10.6. The number of hydrogen-bond donors (Lipinski definition) is 1. The van der Waals surface area contributed by atoms with Gasteiger partial charge in [-0.05, 0) is 30.9 Å². The normalized spacial score (nSPS) is 15.2. The van der Waals surface area contributed by atoms with Gasteiger partial charge in [-0.25, -0.2) is 9.59 Å². The highest BCUT2D eigenvalue weighted by molar-refractivity contribution is 5.93. The molecule has 2 atom stereocenters. The van der Waals surface area contributed by atoms with Gasteiger partial charge in [-0.2, -0.15) is 0 Å². The fraction of sp³-hybridized carbons (Fsp3) is 0.550. The molecule has 0 spiro atoms. The van der Waals surface area contributed by atoms with Crippen LogP contribution < -0.4 is 10.2 Å². The van der Waals surface area contributed by atoms with E-state index in [0.29, 0.717) is 12.1 Å². The summed E-state index contributed by atoms with van der Waals surface area (Å²) in [6, 6.07) is 3.27. The number of nitro benzene ring substituents is 1. The molecule has 0 radical (unpaired) electrons. The van der Waals surface area contributed by atoms with Crippen LogP contribution in [-0.4, -0.2) is 55.6 Å². The largest absolute Gasteiger partial charge is 0.467 e. The lowest BCUT2D eigenvalue weighted by Crippen LogP contribution is -2.47. The Labute approximate surface area is 174 Å². The number of esters is 2. The maximum absolute atomic E-state index is 12.3. The van der Waals surface area contributed by atoms with Crippen LogP contribution in [0.15, 0.2) is 18.2 Å². The quantitative estimate of drug-likeness (QED) is 0.364. The van der Waals surface area contributed by atoms with Gasteiger partial charge >= 0.3 is 11.9 Å². The predicted molar refractivity (Wildman–Crippen MR) is 108 cm³/mol. The van der Waals surface area contributed by atoms with Gasteiger partial charge in [-0.3, -0.25) is 14.9 Å². The molecule has 1 fully saturated rings. The van der Waals surface area contributed by atoms with Crippen molar-refractivity contribution in [2.24, 2.45) is 5.92 Å². The Hall–Kier alpha value is -3.17. The number of carbonyl (C=O) groups excluding carboxylic acids is 3. The van der Waals surface area contributed by atoms with Crippen molar-refractivity contribution < 1.29 is 28.8 Å². The number of amides is 1. The molecule has 1 aromatic rings. The SMILES string of the molecule is CC[C@H](C)[C@H](NC(=O)COC(=O)c1ccc(N2CCCC2)c([N+](=O)[O-])c1)C(=O)OC. The molecule has 1 N–H and O–H groups in total. The topological polar surface area (TPSA) is 128 Å². The smallest absolute Gasteiger partial charge is 0.338 e. The second-order valence-corrected chi connectivity index (χ2v) is 7.18. The van der Waals surface area contributed by atoms with Gasteiger partial charge in [-0.15, -0.1) is 0 Å². The van der Waals surface area contributed by atoms with Gasteiger partial charge in [0.05, 0.1) is 17.6 Å². The summed E-state index contributed by atoms with van der Waals surface area (Å²) >= 11 is 0. The van der Waals surface area contributed by atoms with Crippen molar-refractivity contribution >= 4 is 29.2 Å². The standard InChI is InChI=1S/C20H27N3O7/c1-4-13(2)18(20(26)29-3)21-17(24)12-30-19(25)14-7-8-15(16(11-14)23(27)28)22-9-5-6-10-22/h7-8,11,13,18H,4-6,9-10,12H2,1-3H3,(H,21,24)/t13-,18-/m0/s1. The van der Waals surface area contributed by atoms with Crippen molar-refractivity contribution in [3.05, 3.63) is 33.9 Å². The minimum absolute atomic E-state index is 0.0242. The first kappa shape index (κ1) is 23.1. The molecule has 2 rings (SSSR count). The summed E-state index contributed by atoms with van der Waals surface area (Å²) in [5, 5.41) is 13.9. The van der Waals surface area contributed by atoms with Gasteiger partial charge in [0.15, 0.2) is 6.61 Å². The van der Waals surface area contributed by atoms with Crippen LogP contribution in [0.2, 0.25) is 0 Å². The number of methoxy groups -OCH3 is 1. The molecule has 10 nitrogen and oxygen atoms in total. The maximum atomic E-state index is 12.3. The third-order valence-electron chi connectivity index (χ3n) is 5.17. The van der Waals surface area contributed by atoms with E-state index in [4.69, 9.17) is 9.47 Å². The summed E-state index contributed by atoms with van der Waals surface area (Å²) in [4.78, 5) is 49.1. The molecule has 1 amide bonds. The zero-order valence-corrected chi connectivity index (χ0v) is 17.4. The first-order valence-electron chi connectivity index (χ1n) is 9.86. The van der Waals surface area contributed by atoms with E-state index >= 15 is 0 Å². The number of nitrogens with zero attached hydrogens (tertiary/aromatic N) is 2. The van der Waals surface area contributed by atoms with Crippen molar-refractivity contribution in [2.45, 2.75) is 39.2 Å². The van der Waals surface area contributed by atoms with E-state index in [1.54, 1.807) is 6.92 Å². The van der Waals surface area contributed by atoms with Gasteiger partial charge in [0.25, 0.3) is 11.6 Å². The van der Waals surface area contributed by atoms with Gasteiger partial charge in [0.2, 0.25) is 0 Å². The lowest BCUT2D eigenvalue weighted by molar-refractivity contribution is -0.384. The summed E-state index contributed by atoms with van der Waals surface area (Å²) in [7, 11) is 1.22. The molecule has 10 heteroatoms. The van der Waals surface area contributed by atoms with E-state index in [1.807, 2.05) is 11.8 Å². The number of nitro groups is 1. The average Bonchev–Trinajstić information content (AvgIpc) is 3.28. The number of rotatable bonds is 9. The summed E-state index contributed by atoms with van der Waals surface area (Å²) in [5.41, 5.74) is 0.253. The number of carbonyl (C=O) groups is 3. The van der Waals surface area contributed by atoms with E-state index in [-0.39, 0.29) is 17.2 Å². The Morgan fingerprint density at radius 2 is 1.93 bits per heavy atom. The number of hydrogen-bond acceptors (Lipinski definition) is 8. The van der Waals surface area contributed by atoms with Crippen molar-refractivity contribution in [3.8, 4) is 0 Å². The lowest BCUT2D eigenvalue weighted by Gasteiger charge is -2.21. The van der Waals surface area contributed by atoms with Crippen LogP contribution in [0.5, 0.6) is 0 Å². The van der Waals surface area contributed by atoms with Crippen LogP contribution in [0.25, 0.3) is 0 Å². The van der Waals surface area contributed by atoms with Crippen LogP contribution >= 0.6 is 0 Å². The third-order valence-corrected chi connectivity index (χ3v) is 5.17. The van der Waals surface area contributed by atoms with Gasteiger partial charge in [-0.1, -0.05) is 20.3 Å². The van der Waals surface area contributed by atoms with Crippen molar-refractivity contribution in [2.75, 3.05) is 31.7 Å². The number of benzene rings is 1. The molecule has 1 saturated heterocycles. The molecule has 1 aliphatic heterocycles. The fourth-order valence-electron chi connectivity index (χ4n) is 3.25. The summed E-state index contributed by atoms with van der Waals surface area (Å²) < 4.78 is 9.67. The van der Waals surface area contributed by atoms with Crippen LogP contribution in [-0.2, 0) is 19.1 Å². The molecule has 164 valence electrons. The molecular weight excluding hydrogens is 394 g/mol. The zero-order chi connectivity index (χ0) is 22.3. The van der Waals surface area contributed by atoms with E-state index in [1.165, 1.54) is 19.2 Å². The van der Waals surface area contributed by atoms with Crippen LogP contribution in [0.3, 0.4) is 0 Å². The Balaban J connectivity index is 2.03. The van der Waals surface area contributed by atoms with Crippen molar-refractivity contribution in [3.63, 3.8) is 0 Å². The van der Waals surface area contributed by atoms with E-state index in [9.17, 15) is 24.5 Å². The van der Waals surface area contributed by atoms with E-state index in [2.05, 4.69) is 5.32 Å². The van der Waals surface area contributed by atoms with Gasteiger partial charge in [0.1, 0.15) is 11.7 Å². The molecule has 0 aliphatic carbocycles. The minimum Gasteiger partial charge on any atom is -0.467 e. The molecular formula is C20H27N3O7. The number of anilines is 1. The van der Waals surface area contributed by atoms with E-state index < -0.39 is 35.4 Å². The Morgan fingerprint density at radius 1 is 1.27 bits per heavy atom. The van der Waals surface area contributed by atoms with Crippen LogP contribution in [0.4, 0.5) is 11.4 Å². The molecule has 0 aromatic heterocycles. The molecule has 0 bridgehead atoms. The molecule has 30 heavy (non-hydrogen) atoms. The second-order valence-electron chi connectivity index (χ2n) is 7.18. The first-order chi connectivity index (χ1) is 14.3. The predicted octanol–water partition coefficient (Wildman–Crippen LogP) is 2.06. The highest BCUT2D eigenvalue weighted by atomic mass is 16.6. The summed E-state index contributed by atoms with van der Waals surface area (Å²) in [6.07, 6.45) is 2.55. The fourth-order valence-corrected chi connectivity index (χ4v) is 3.25. The monoisotopic (exact) mass is 421 g/mol. The van der Waals surface area contributed by atoms with E-state index in [0.717, 1.165) is 32.0 Å². The van der Waals surface area contributed by atoms with Gasteiger partial charge < -0.3 is 19.7 Å². The van der Waals surface area contributed by atoms with Crippen LogP contribution in [0.1, 0.15) is 43.5 Å². The molecule has 0 unspecified atom stereocenters. The van der Waals surface area contributed by atoms with Crippen LogP contribution in [0, 0.1) is 16.0 Å². The Morgan fingerprint density at radius 3 is 2.50 bits per heavy atom. The summed E-state index contributed by atoms with van der Waals surface area (Å²) in [5.74, 6) is -2.28. The maximum Gasteiger partial charge on any atom is 0.338 e. The third kappa shape index (κ3) is 5.68. The molecule has 1 aliphatic rings. The average molecular weight is 421 g/mol. The molecule has 0 saturated carbocycles. The Bertz CT molecular complexity index is 806. The van der Waals surface area contributed by atoms with Crippen molar-refractivity contribution in [1.29, 1.82) is 0 Å². The highest BCUT2D eigenvalue weighted by Gasteiger charge is 2.28. The molecule has 1 heterocycles.